The highest BCUT2D eigenvalue weighted by Gasteiger charge is 2.38. The number of amides is 1. The third kappa shape index (κ3) is 1.04. The molecule has 60 valence electrons. The van der Waals surface area contributed by atoms with Crippen molar-refractivity contribution < 1.29 is 9.53 Å². The minimum Gasteiger partial charge on any atom is -0.353 e. The minimum absolute atomic E-state index is 0.00512. The Morgan fingerprint density at radius 2 is 2.64 bits per heavy atom. The van der Waals surface area contributed by atoms with Crippen LogP contribution >= 0.6 is 11.6 Å². The molecule has 0 N–H and O–H groups in total. The Morgan fingerprint density at radius 3 is 3.27 bits per heavy atom. The van der Waals surface area contributed by atoms with E-state index in [1.807, 2.05) is 0 Å². The molecule has 1 amide bonds. The first-order valence-electron chi connectivity index (χ1n) is 3.49. The summed E-state index contributed by atoms with van der Waals surface area (Å²) in [6.07, 6.45) is 2.31. The molecule has 0 spiro atoms. The van der Waals surface area contributed by atoms with Crippen LogP contribution in [0.4, 0.5) is 0 Å². The average Bonchev–Trinajstić information content (AvgIpc) is 2.03. The smallest absolute Gasteiger partial charge is 0.233 e. The van der Waals surface area contributed by atoms with Gasteiger partial charge < -0.3 is 4.74 Å². The zero-order chi connectivity index (χ0) is 7.84. The lowest BCUT2D eigenvalue weighted by atomic mass is 10.1. The van der Waals surface area contributed by atoms with Gasteiger partial charge in [0.25, 0.3) is 0 Å². The van der Waals surface area contributed by atoms with Crippen LogP contribution in [0, 0.1) is 0 Å². The van der Waals surface area contributed by atoms with Gasteiger partial charge in [-0.05, 0) is 5.57 Å². The summed E-state index contributed by atoms with van der Waals surface area (Å²) >= 11 is 5.58. The minimum atomic E-state index is -0.00512. The van der Waals surface area contributed by atoms with E-state index in [9.17, 15) is 4.79 Å². The number of hydrogen-bond donors (Lipinski definition) is 0. The van der Waals surface area contributed by atoms with Crippen molar-refractivity contribution in [2.24, 2.45) is 0 Å². The Hall–Kier alpha value is -0.540. The molecular weight excluding hydrogens is 166 g/mol. The molecule has 0 aliphatic carbocycles. The maximum absolute atomic E-state index is 10.9. The van der Waals surface area contributed by atoms with Crippen LogP contribution in [0.2, 0.25) is 0 Å². The molecule has 2 heterocycles. The van der Waals surface area contributed by atoms with E-state index in [-0.39, 0.29) is 12.1 Å². The Balaban J connectivity index is 2.13. The summed E-state index contributed by atoms with van der Waals surface area (Å²) < 4.78 is 5.30. The first-order chi connectivity index (χ1) is 5.31. The number of carbonyl (C=O) groups excluding carboxylic acids is 1. The molecule has 2 aliphatic rings. The van der Waals surface area contributed by atoms with E-state index in [1.54, 1.807) is 11.1 Å². The van der Waals surface area contributed by atoms with E-state index in [0.717, 1.165) is 5.57 Å². The molecule has 0 bridgehead atoms. The number of halogens is 1. The quantitative estimate of drug-likeness (QED) is 0.432. The maximum atomic E-state index is 10.9. The standard InChI is InChI=1S/C7H8ClNO2/c8-2-5-3-9-6(10)1-7(9)11-4-5/h3,7H,1-2,4H2/t7-/m0/s1. The van der Waals surface area contributed by atoms with Gasteiger partial charge in [-0.2, -0.15) is 0 Å². The largest absolute Gasteiger partial charge is 0.353 e. The SMILES string of the molecule is O=C1C[C@@H]2OCC(CCl)=CN12. The summed E-state index contributed by atoms with van der Waals surface area (Å²) in [5.41, 5.74) is 0.968. The molecule has 1 atom stereocenters. The number of ether oxygens (including phenoxy) is 1. The van der Waals surface area contributed by atoms with Crippen molar-refractivity contribution in [3.8, 4) is 0 Å². The third-order valence-corrected chi connectivity index (χ3v) is 2.25. The van der Waals surface area contributed by atoms with Gasteiger partial charge in [0.1, 0.15) is 6.23 Å². The Morgan fingerprint density at radius 1 is 1.82 bits per heavy atom. The number of carbonyl (C=O) groups is 1. The lowest BCUT2D eigenvalue weighted by Crippen LogP contribution is -2.53. The molecule has 4 heteroatoms. The first kappa shape index (κ1) is 7.13. The first-order valence-corrected chi connectivity index (χ1v) is 4.03. The van der Waals surface area contributed by atoms with E-state index in [4.69, 9.17) is 16.3 Å². The number of alkyl halides is 1. The Bertz CT molecular complexity index is 226. The fraction of sp³-hybridized carbons (Fsp3) is 0.571. The highest BCUT2D eigenvalue weighted by atomic mass is 35.5. The molecule has 0 aromatic carbocycles. The molecule has 2 rings (SSSR count). The summed E-state index contributed by atoms with van der Waals surface area (Å²) in [4.78, 5) is 12.5. The van der Waals surface area contributed by atoms with Crippen molar-refractivity contribution in [3.63, 3.8) is 0 Å². The van der Waals surface area contributed by atoms with Crippen molar-refractivity contribution in [1.29, 1.82) is 0 Å². The van der Waals surface area contributed by atoms with E-state index >= 15 is 0 Å². The van der Waals surface area contributed by atoms with Gasteiger partial charge in [0, 0.05) is 12.1 Å². The van der Waals surface area contributed by atoms with Crippen LogP contribution in [0.1, 0.15) is 6.42 Å². The molecule has 0 aromatic heterocycles. The summed E-state index contributed by atoms with van der Waals surface area (Å²) in [5.74, 6) is 0.563. The molecule has 2 aliphatic heterocycles. The van der Waals surface area contributed by atoms with Crippen molar-refractivity contribution in [3.05, 3.63) is 11.8 Å². The van der Waals surface area contributed by atoms with Crippen LogP contribution in [0.5, 0.6) is 0 Å². The van der Waals surface area contributed by atoms with Gasteiger partial charge in [0.05, 0.1) is 13.0 Å². The van der Waals surface area contributed by atoms with Gasteiger partial charge in [-0.1, -0.05) is 0 Å². The topological polar surface area (TPSA) is 29.5 Å². The molecule has 0 unspecified atom stereocenters. The van der Waals surface area contributed by atoms with Gasteiger partial charge in [-0.3, -0.25) is 9.69 Å². The monoisotopic (exact) mass is 173 g/mol. The van der Waals surface area contributed by atoms with E-state index in [1.165, 1.54) is 0 Å². The van der Waals surface area contributed by atoms with Crippen LogP contribution in [-0.4, -0.2) is 29.5 Å². The summed E-state index contributed by atoms with van der Waals surface area (Å²) in [5, 5.41) is 0. The summed E-state index contributed by atoms with van der Waals surface area (Å²) in [7, 11) is 0. The van der Waals surface area contributed by atoms with Crippen molar-refractivity contribution in [2.45, 2.75) is 12.6 Å². The predicted molar refractivity (Wildman–Crippen MR) is 40.0 cm³/mol. The second kappa shape index (κ2) is 2.50. The number of nitrogens with zero attached hydrogens (tertiary/aromatic N) is 1. The average molecular weight is 174 g/mol. The number of hydrogen-bond acceptors (Lipinski definition) is 2. The molecule has 1 fully saturated rings. The number of β-lactam (4-membered cyclic amide) rings is 1. The van der Waals surface area contributed by atoms with Crippen LogP contribution in [-0.2, 0) is 9.53 Å². The van der Waals surface area contributed by atoms with Gasteiger partial charge in [-0.25, -0.2) is 0 Å². The Labute approximate surface area is 69.6 Å². The Kier molecular flexibility index (Phi) is 1.62. The van der Waals surface area contributed by atoms with E-state index in [2.05, 4.69) is 0 Å². The van der Waals surface area contributed by atoms with E-state index in [0.29, 0.717) is 18.9 Å². The van der Waals surface area contributed by atoms with Gasteiger partial charge in [0.15, 0.2) is 0 Å². The van der Waals surface area contributed by atoms with E-state index < -0.39 is 0 Å². The van der Waals surface area contributed by atoms with Crippen LogP contribution in [0.3, 0.4) is 0 Å². The van der Waals surface area contributed by atoms with Crippen molar-refractivity contribution in [1.82, 2.24) is 4.90 Å². The van der Waals surface area contributed by atoms with Crippen LogP contribution in [0.25, 0.3) is 0 Å². The van der Waals surface area contributed by atoms with Crippen LogP contribution < -0.4 is 0 Å². The number of fused-ring (bicyclic) bond motifs is 1. The maximum Gasteiger partial charge on any atom is 0.233 e. The normalized spacial score (nSPS) is 29.2. The second-order valence-corrected chi connectivity index (χ2v) is 2.96. The number of rotatable bonds is 1. The fourth-order valence-corrected chi connectivity index (χ4v) is 1.35. The van der Waals surface area contributed by atoms with Crippen molar-refractivity contribution >= 4 is 17.5 Å². The highest BCUT2D eigenvalue weighted by Crippen LogP contribution is 2.26. The second-order valence-electron chi connectivity index (χ2n) is 2.69. The molecule has 1 saturated heterocycles. The van der Waals surface area contributed by atoms with Gasteiger partial charge >= 0.3 is 0 Å². The van der Waals surface area contributed by atoms with Gasteiger partial charge in [-0.15, -0.1) is 11.6 Å². The summed E-state index contributed by atoms with van der Waals surface area (Å²) in [6.45, 7) is 0.567. The molecule has 0 aromatic rings. The van der Waals surface area contributed by atoms with Crippen LogP contribution in [0.15, 0.2) is 11.8 Å². The molecular formula is C7H8ClNO2. The zero-order valence-electron chi connectivity index (χ0n) is 5.92. The predicted octanol–water partition coefficient (Wildman–Crippen LogP) is 0.698. The molecule has 3 nitrogen and oxygen atoms in total. The molecule has 11 heavy (non-hydrogen) atoms. The lowest BCUT2D eigenvalue weighted by Gasteiger charge is -2.40. The molecule has 0 saturated carbocycles. The fourth-order valence-electron chi connectivity index (χ4n) is 1.21. The van der Waals surface area contributed by atoms with Gasteiger partial charge in [0.2, 0.25) is 5.91 Å². The third-order valence-electron chi connectivity index (χ3n) is 1.90. The molecule has 0 radical (unpaired) electrons. The summed E-state index contributed by atoms with van der Waals surface area (Å²) in [6, 6.07) is 0. The lowest BCUT2D eigenvalue weighted by molar-refractivity contribution is -0.167. The van der Waals surface area contributed by atoms with Crippen molar-refractivity contribution in [2.75, 3.05) is 12.5 Å². The zero-order valence-corrected chi connectivity index (χ0v) is 6.67. The highest BCUT2D eigenvalue weighted by molar-refractivity contribution is 6.19.